The quantitative estimate of drug-likeness (QED) is 0.726. The predicted molar refractivity (Wildman–Crippen MR) is 92.9 cm³/mol. The first kappa shape index (κ1) is 17.3. The molecule has 2 aliphatic rings. The van der Waals surface area contributed by atoms with Crippen LogP contribution in [0.1, 0.15) is 85.5 Å². The van der Waals surface area contributed by atoms with Crippen LogP contribution in [0.2, 0.25) is 0 Å². The van der Waals surface area contributed by atoms with E-state index in [0.717, 1.165) is 0 Å². The van der Waals surface area contributed by atoms with Gasteiger partial charge in [0, 0.05) is 11.1 Å². The average Bonchev–Trinajstić information content (AvgIpc) is 2.76. The Kier molecular flexibility index (Phi) is 6.14. The van der Waals surface area contributed by atoms with Crippen LogP contribution in [0.25, 0.3) is 0 Å². The second-order valence-electron chi connectivity index (χ2n) is 8.57. The average molecular weight is 295 g/mol. The molecule has 0 aliphatic carbocycles. The van der Waals surface area contributed by atoms with Gasteiger partial charge in [-0.25, -0.2) is 0 Å². The summed E-state index contributed by atoms with van der Waals surface area (Å²) in [5.41, 5.74) is 0.751. The Hall–Kier alpha value is -0.0800. The first-order valence-corrected chi connectivity index (χ1v) is 9.42. The first-order chi connectivity index (χ1) is 9.92. The summed E-state index contributed by atoms with van der Waals surface area (Å²) in [4.78, 5) is 5.52. The summed E-state index contributed by atoms with van der Waals surface area (Å²) >= 11 is 0. The van der Waals surface area contributed by atoms with Gasteiger partial charge in [0.1, 0.15) is 0 Å². The molecule has 21 heavy (non-hydrogen) atoms. The van der Waals surface area contributed by atoms with Crippen molar-refractivity contribution < 1.29 is 0 Å². The van der Waals surface area contributed by atoms with Crippen molar-refractivity contribution in [1.82, 2.24) is 9.80 Å². The lowest BCUT2D eigenvalue weighted by Gasteiger charge is -2.45. The van der Waals surface area contributed by atoms with Crippen LogP contribution in [0.4, 0.5) is 0 Å². The third-order valence-corrected chi connectivity index (χ3v) is 6.02. The van der Waals surface area contributed by atoms with Crippen molar-refractivity contribution in [1.29, 1.82) is 0 Å². The smallest absolute Gasteiger partial charge is 0.0153 e. The predicted octanol–water partition coefficient (Wildman–Crippen LogP) is 4.69. The number of hydrogen-bond donors (Lipinski definition) is 0. The first-order valence-electron chi connectivity index (χ1n) is 9.42. The van der Waals surface area contributed by atoms with E-state index in [1.807, 2.05) is 0 Å². The number of likely N-dealkylation sites (tertiary alicyclic amines) is 2. The fourth-order valence-electron chi connectivity index (χ4n) is 4.10. The van der Waals surface area contributed by atoms with Crippen molar-refractivity contribution in [2.24, 2.45) is 0 Å². The molecule has 0 unspecified atom stereocenters. The molecular formula is C19H38N2. The lowest BCUT2D eigenvalue weighted by atomic mass is 9.86. The molecule has 0 aromatic heterocycles. The van der Waals surface area contributed by atoms with Gasteiger partial charge >= 0.3 is 0 Å². The maximum absolute atomic E-state index is 2.77. The molecule has 2 nitrogen and oxygen atoms in total. The van der Waals surface area contributed by atoms with Gasteiger partial charge in [0.05, 0.1) is 0 Å². The van der Waals surface area contributed by atoms with Gasteiger partial charge < -0.3 is 0 Å². The summed E-state index contributed by atoms with van der Waals surface area (Å²) < 4.78 is 0. The Labute approximate surface area is 133 Å². The number of rotatable bonds is 5. The van der Waals surface area contributed by atoms with E-state index in [-0.39, 0.29) is 0 Å². The molecule has 0 radical (unpaired) electrons. The normalized spacial score (nSPS) is 24.0. The second-order valence-corrected chi connectivity index (χ2v) is 8.57. The highest BCUT2D eigenvalue weighted by atomic mass is 15.2. The minimum atomic E-state index is 0.372. The van der Waals surface area contributed by atoms with Crippen LogP contribution in [0.5, 0.6) is 0 Å². The zero-order valence-corrected chi connectivity index (χ0v) is 15.1. The molecule has 0 aromatic carbocycles. The van der Waals surface area contributed by atoms with E-state index in [1.54, 1.807) is 0 Å². The van der Waals surface area contributed by atoms with E-state index in [0.29, 0.717) is 11.1 Å². The number of nitrogens with zero attached hydrogens (tertiary/aromatic N) is 2. The molecule has 0 bridgehead atoms. The molecule has 0 atom stereocenters. The molecule has 0 spiro atoms. The van der Waals surface area contributed by atoms with Gasteiger partial charge in [0.15, 0.2) is 0 Å². The summed E-state index contributed by atoms with van der Waals surface area (Å²) in [6, 6.07) is 0. The standard InChI is InChI=1S/C19H38N2/c1-18(2,20-14-8-5-6-9-15-20)12-13-19(3,4)21-16-10-7-11-17-21/h5-17H2,1-4H3. The Morgan fingerprint density at radius 3 is 1.14 bits per heavy atom. The van der Waals surface area contributed by atoms with Crippen LogP contribution in [0, 0.1) is 0 Å². The highest BCUT2D eigenvalue weighted by molar-refractivity contribution is 4.89. The molecule has 2 heterocycles. The molecule has 2 fully saturated rings. The van der Waals surface area contributed by atoms with Crippen LogP contribution in [0.15, 0.2) is 0 Å². The van der Waals surface area contributed by atoms with Crippen molar-refractivity contribution in [3.63, 3.8) is 0 Å². The lowest BCUT2D eigenvalue weighted by Crippen LogP contribution is -2.50. The van der Waals surface area contributed by atoms with Gasteiger partial charge in [0.25, 0.3) is 0 Å². The highest BCUT2D eigenvalue weighted by Crippen LogP contribution is 2.31. The van der Waals surface area contributed by atoms with Crippen LogP contribution in [0.3, 0.4) is 0 Å². The molecule has 2 heteroatoms. The fourth-order valence-corrected chi connectivity index (χ4v) is 4.10. The topological polar surface area (TPSA) is 6.48 Å². The Morgan fingerprint density at radius 2 is 0.810 bits per heavy atom. The van der Waals surface area contributed by atoms with Gasteiger partial charge in [-0.2, -0.15) is 0 Å². The van der Waals surface area contributed by atoms with Crippen molar-refractivity contribution in [2.45, 2.75) is 96.6 Å². The molecule has 0 aromatic rings. The minimum Gasteiger partial charge on any atom is -0.298 e. The van der Waals surface area contributed by atoms with Crippen LogP contribution in [-0.2, 0) is 0 Å². The van der Waals surface area contributed by atoms with E-state index in [2.05, 4.69) is 37.5 Å². The molecule has 2 rings (SSSR count). The van der Waals surface area contributed by atoms with Crippen molar-refractivity contribution >= 4 is 0 Å². The van der Waals surface area contributed by atoms with Crippen LogP contribution >= 0.6 is 0 Å². The fraction of sp³-hybridized carbons (Fsp3) is 1.00. The number of hydrogen-bond acceptors (Lipinski definition) is 2. The van der Waals surface area contributed by atoms with E-state index < -0.39 is 0 Å². The van der Waals surface area contributed by atoms with Crippen LogP contribution < -0.4 is 0 Å². The molecule has 0 saturated carbocycles. The molecule has 0 amide bonds. The monoisotopic (exact) mass is 294 g/mol. The lowest BCUT2D eigenvalue weighted by molar-refractivity contribution is 0.0551. The summed E-state index contributed by atoms with van der Waals surface area (Å²) in [6.45, 7) is 15.2. The van der Waals surface area contributed by atoms with E-state index >= 15 is 0 Å². The van der Waals surface area contributed by atoms with Crippen molar-refractivity contribution in [2.75, 3.05) is 26.2 Å². The third kappa shape index (κ3) is 4.96. The largest absolute Gasteiger partial charge is 0.298 e. The van der Waals surface area contributed by atoms with Gasteiger partial charge in [-0.05, 0) is 92.4 Å². The van der Waals surface area contributed by atoms with Crippen molar-refractivity contribution in [3.05, 3.63) is 0 Å². The maximum Gasteiger partial charge on any atom is 0.0153 e. The zero-order valence-electron chi connectivity index (χ0n) is 15.1. The zero-order chi connectivity index (χ0) is 15.3. The van der Waals surface area contributed by atoms with Gasteiger partial charge in [0.2, 0.25) is 0 Å². The number of piperidine rings is 1. The van der Waals surface area contributed by atoms with E-state index in [9.17, 15) is 0 Å². The van der Waals surface area contributed by atoms with E-state index in [4.69, 9.17) is 0 Å². The Bertz CT molecular complexity index is 295. The van der Waals surface area contributed by atoms with Gasteiger partial charge in [-0.15, -0.1) is 0 Å². The van der Waals surface area contributed by atoms with Gasteiger partial charge in [-0.3, -0.25) is 9.80 Å². The third-order valence-electron chi connectivity index (χ3n) is 6.02. The molecule has 2 saturated heterocycles. The Balaban J connectivity index is 1.86. The molecule has 2 aliphatic heterocycles. The van der Waals surface area contributed by atoms with Gasteiger partial charge in [-0.1, -0.05) is 19.3 Å². The molecular weight excluding hydrogens is 256 g/mol. The summed E-state index contributed by atoms with van der Waals surface area (Å²) in [5.74, 6) is 0. The SMILES string of the molecule is CC(C)(CCC(C)(C)N1CCCCC1)N1CCCCCC1. The van der Waals surface area contributed by atoms with Crippen LogP contribution in [-0.4, -0.2) is 47.1 Å². The van der Waals surface area contributed by atoms with E-state index in [1.165, 1.54) is 84.0 Å². The summed E-state index contributed by atoms with van der Waals surface area (Å²) in [6.07, 6.45) is 12.6. The minimum absolute atomic E-state index is 0.372. The molecule has 124 valence electrons. The highest BCUT2D eigenvalue weighted by Gasteiger charge is 2.33. The molecule has 0 N–H and O–H groups in total. The second kappa shape index (κ2) is 7.46. The van der Waals surface area contributed by atoms with Crippen molar-refractivity contribution in [3.8, 4) is 0 Å². The maximum atomic E-state index is 2.77. The Morgan fingerprint density at radius 1 is 0.524 bits per heavy atom. The summed E-state index contributed by atoms with van der Waals surface area (Å²) in [7, 11) is 0. The summed E-state index contributed by atoms with van der Waals surface area (Å²) in [5, 5.41) is 0.